The van der Waals surface area contributed by atoms with E-state index >= 15 is 0 Å². The molecule has 1 fully saturated rings. The number of thioether (sulfide) groups is 1. The summed E-state index contributed by atoms with van der Waals surface area (Å²) in [4.78, 5) is 27.9. The molecule has 0 radical (unpaired) electrons. The lowest BCUT2D eigenvalue weighted by Crippen LogP contribution is -2.44. The fourth-order valence-corrected chi connectivity index (χ4v) is 3.36. The van der Waals surface area contributed by atoms with Crippen LogP contribution in [-0.4, -0.2) is 38.9 Å². The standard InChI is InChI=1S/C16H18ClN5O2S/c17-11-7-5-10(6-8-11)14-20-16(22-21-14)25-9-13(23)19-15(24)18-12-3-1-2-4-12/h5-8,12H,1-4,9H2,(H,20,21,22)(H2,18,19,23,24). The van der Waals surface area contributed by atoms with E-state index in [9.17, 15) is 9.59 Å². The number of H-pyrrole nitrogens is 1. The molecule has 132 valence electrons. The maximum Gasteiger partial charge on any atom is 0.321 e. The van der Waals surface area contributed by atoms with Crippen LogP contribution < -0.4 is 10.6 Å². The highest BCUT2D eigenvalue weighted by Gasteiger charge is 2.18. The van der Waals surface area contributed by atoms with E-state index in [0.717, 1.165) is 43.0 Å². The van der Waals surface area contributed by atoms with Gasteiger partial charge in [0, 0.05) is 16.6 Å². The summed E-state index contributed by atoms with van der Waals surface area (Å²) < 4.78 is 0. The molecule has 3 rings (SSSR count). The van der Waals surface area contributed by atoms with Crippen molar-refractivity contribution >= 4 is 35.3 Å². The quantitative estimate of drug-likeness (QED) is 0.693. The van der Waals surface area contributed by atoms with Gasteiger partial charge >= 0.3 is 6.03 Å². The Labute approximate surface area is 154 Å². The van der Waals surface area contributed by atoms with Crippen molar-refractivity contribution in [3.05, 3.63) is 29.3 Å². The number of hydrogen-bond donors (Lipinski definition) is 3. The molecule has 3 N–H and O–H groups in total. The molecule has 1 aromatic heterocycles. The van der Waals surface area contributed by atoms with Crippen LogP contribution in [0.2, 0.25) is 5.02 Å². The molecule has 2 aromatic rings. The zero-order valence-corrected chi connectivity index (χ0v) is 15.0. The molecule has 0 aliphatic heterocycles. The van der Waals surface area contributed by atoms with Gasteiger partial charge in [0.25, 0.3) is 0 Å². The van der Waals surface area contributed by atoms with Crippen molar-refractivity contribution < 1.29 is 9.59 Å². The Kier molecular flexibility index (Phi) is 5.93. The van der Waals surface area contributed by atoms with E-state index < -0.39 is 6.03 Å². The average Bonchev–Trinajstić information content (AvgIpc) is 3.25. The highest BCUT2D eigenvalue weighted by Crippen LogP contribution is 2.21. The van der Waals surface area contributed by atoms with E-state index in [4.69, 9.17) is 11.6 Å². The van der Waals surface area contributed by atoms with E-state index in [0.29, 0.717) is 16.0 Å². The fourth-order valence-electron chi connectivity index (χ4n) is 2.63. The molecular weight excluding hydrogens is 362 g/mol. The number of rotatable bonds is 5. The molecule has 0 atom stereocenters. The number of nitrogens with one attached hydrogen (secondary N) is 3. The molecule has 1 aromatic carbocycles. The maximum absolute atomic E-state index is 11.8. The average molecular weight is 380 g/mol. The lowest BCUT2D eigenvalue weighted by Gasteiger charge is -2.11. The fraction of sp³-hybridized carbons (Fsp3) is 0.375. The number of carbonyl (C=O) groups excluding carboxylic acids is 2. The number of amides is 3. The summed E-state index contributed by atoms with van der Waals surface area (Å²) in [5.41, 5.74) is 0.851. The second-order valence-electron chi connectivity index (χ2n) is 5.77. The minimum atomic E-state index is -0.436. The van der Waals surface area contributed by atoms with E-state index in [1.165, 1.54) is 0 Å². The van der Waals surface area contributed by atoms with Gasteiger partial charge in [-0.3, -0.25) is 15.2 Å². The number of benzene rings is 1. The Morgan fingerprint density at radius 1 is 1.24 bits per heavy atom. The number of nitrogens with zero attached hydrogens (tertiary/aromatic N) is 2. The second kappa shape index (κ2) is 8.35. The first-order valence-electron chi connectivity index (χ1n) is 8.01. The SMILES string of the molecule is O=C(CSc1n[nH]c(-c2ccc(Cl)cc2)n1)NC(=O)NC1CCCC1. The monoisotopic (exact) mass is 379 g/mol. The summed E-state index contributed by atoms with van der Waals surface area (Å²) in [5.74, 6) is 0.285. The summed E-state index contributed by atoms with van der Waals surface area (Å²) in [7, 11) is 0. The first-order valence-corrected chi connectivity index (χ1v) is 9.38. The van der Waals surface area contributed by atoms with E-state index in [1.807, 2.05) is 12.1 Å². The third kappa shape index (κ3) is 5.20. The van der Waals surface area contributed by atoms with Crippen LogP contribution in [0.5, 0.6) is 0 Å². The molecule has 3 amide bonds. The van der Waals surface area contributed by atoms with Crippen LogP contribution in [0.25, 0.3) is 11.4 Å². The summed E-state index contributed by atoms with van der Waals surface area (Å²) in [6, 6.07) is 6.93. The molecule has 0 bridgehead atoms. The lowest BCUT2D eigenvalue weighted by molar-refractivity contribution is -0.117. The van der Waals surface area contributed by atoms with Gasteiger partial charge in [-0.1, -0.05) is 36.2 Å². The summed E-state index contributed by atoms with van der Waals surface area (Å²) in [5, 5.41) is 13.1. The van der Waals surface area contributed by atoms with Gasteiger partial charge < -0.3 is 5.32 Å². The van der Waals surface area contributed by atoms with Crippen LogP contribution in [0.3, 0.4) is 0 Å². The number of urea groups is 1. The Bertz CT molecular complexity index is 743. The van der Waals surface area contributed by atoms with E-state index in [1.54, 1.807) is 12.1 Å². The Morgan fingerprint density at radius 3 is 2.68 bits per heavy atom. The Balaban J connectivity index is 1.45. The molecule has 0 spiro atoms. The maximum atomic E-state index is 11.8. The molecule has 7 nitrogen and oxygen atoms in total. The van der Waals surface area contributed by atoms with Crippen LogP contribution in [-0.2, 0) is 4.79 Å². The molecule has 9 heteroatoms. The predicted octanol–water partition coefficient (Wildman–Crippen LogP) is 2.99. The van der Waals surface area contributed by atoms with E-state index in [-0.39, 0.29) is 17.7 Å². The van der Waals surface area contributed by atoms with Crippen molar-refractivity contribution in [2.75, 3.05) is 5.75 Å². The van der Waals surface area contributed by atoms with Crippen molar-refractivity contribution in [2.24, 2.45) is 0 Å². The van der Waals surface area contributed by atoms with Gasteiger partial charge in [0.15, 0.2) is 5.82 Å². The number of aromatic amines is 1. The number of carbonyl (C=O) groups is 2. The van der Waals surface area contributed by atoms with Gasteiger partial charge in [-0.05, 0) is 37.1 Å². The molecular formula is C16H18ClN5O2S. The highest BCUT2D eigenvalue weighted by atomic mass is 35.5. The topological polar surface area (TPSA) is 99.8 Å². The van der Waals surface area contributed by atoms with Crippen LogP contribution in [0.15, 0.2) is 29.4 Å². The third-order valence-electron chi connectivity index (χ3n) is 3.86. The zero-order valence-electron chi connectivity index (χ0n) is 13.4. The number of halogens is 1. The molecule has 1 aliphatic rings. The second-order valence-corrected chi connectivity index (χ2v) is 7.14. The first-order chi connectivity index (χ1) is 12.1. The number of imide groups is 1. The molecule has 0 saturated heterocycles. The van der Waals surface area contributed by atoms with Crippen molar-refractivity contribution in [3.8, 4) is 11.4 Å². The van der Waals surface area contributed by atoms with Crippen molar-refractivity contribution in [1.82, 2.24) is 25.8 Å². The van der Waals surface area contributed by atoms with Gasteiger partial charge in [-0.15, -0.1) is 5.10 Å². The zero-order chi connectivity index (χ0) is 17.6. The van der Waals surface area contributed by atoms with Crippen LogP contribution >= 0.6 is 23.4 Å². The Morgan fingerprint density at radius 2 is 1.96 bits per heavy atom. The lowest BCUT2D eigenvalue weighted by atomic mass is 10.2. The molecule has 1 aliphatic carbocycles. The summed E-state index contributed by atoms with van der Waals surface area (Å²) >= 11 is 7.02. The van der Waals surface area contributed by atoms with Crippen molar-refractivity contribution in [1.29, 1.82) is 0 Å². The van der Waals surface area contributed by atoms with Gasteiger partial charge in [-0.25, -0.2) is 9.78 Å². The molecule has 1 heterocycles. The van der Waals surface area contributed by atoms with Gasteiger partial charge in [0.2, 0.25) is 11.1 Å². The summed E-state index contributed by atoms with van der Waals surface area (Å²) in [6.45, 7) is 0. The van der Waals surface area contributed by atoms with Gasteiger partial charge in [0.05, 0.1) is 5.75 Å². The van der Waals surface area contributed by atoms with Crippen LogP contribution in [0, 0.1) is 0 Å². The van der Waals surface area contributed by atoms with Crippen LogP contribution in [0.1, 0.15) is 25.7 Å². The van der Waals surface area contributed by atoms with Crippen molar-refractivity contribution in [3.63, 3.8) is 0 Å². The van der Waals surface area contributed by atoms with Crippen molar-refractivity contribution in [2.45, 2.75) is 36.9 Å². The minimum absolute atomic E-state index is 0.0655. The Hall–Kier alpha value is -2.06. The van der Waals surface area contributed by atoms with Crippen LogP contribution in [0.4, 0.5) is 4.79 Å². The largest absolute Gasteiger partial charge is 0.335 e. The normalized spacial score (nSPS) is 14.4. The van der Waals surface area contributed by atoms with Gasteiger partial charge in [-0.2, -0.15) is 0 Å². The summed E-state index contributed by atoms with van der Waals surface area (Å²) in [6.07, 6.45) is 4.19. The third-order valence-corrected chi connectivity index (χ3v) is 4.96. The smallest absolute Gasteiger partial charge is 0.321 e. The van der Waals surface area contributed by atoms with E-state index in [2.05, 4.69) is 25.8 Å². The minimum Gasteiger partial charge on any atom is -0.335 e. The number of aromatic nitrogens is 3. The highest BCUT2D eigenvalue weighted by molar-refractivity contribution is 7.99. The predicted molar refractivity (Wildman–Crippen MR) is 96.5 cm³/mol. The molecule has 0 unspecified atom stereocenters. The van der Waals surface area contributed by atoms with Gasteiger partial charge in [0.1, 0.15) is 0 Å². The molecule has 1 saturated carbocycles. The first kappa shape index (κ1) is 17.8. The number of hydrogen-bond acceptors (Lipinski definition) is 5. The molecule has 25 heavy (non-hydrogen) atoms.